The van der Waals surface area contributed by atoms with Gasteiger partial charge in [-0.15, -0.1) is 0 Å². The van der Waals surface area contributed by atoms with Gasteiger partial charge in [-0.3, -0.25) is 0 Å². The van der Waals surface area contributed by atoms with Gasteiger partial charge in [-0.05, 0) is 12.1 Å². The highest BCUT2D eigenvalue weighted by atomic mass is 35.5. The van der Waals surface area contributed by atoms with Crippen molar-refractivity contribution in [1.29, 1.82) is 0 Å². The maximum absolute atomic E-state index is 11.8. The van der Waals surface area contributed by atoms with Gasteiger partial charge >= 0.3 is 0 Å². The molecule has 1 rings (SSSR count). The fourth-order valence-electron chi connectivity index (χ4n) is 0.899. The minimum Gasteiger partial charge on any atom is -0.207 e. The first kappa shape index (κ1) is 13.1. The quantitative estimate of drug-likeness (QED) is 0.785. The number of nitrogens with zero attached hydrogens (tertiary/aromatic N) is 1. The van der Waals surface area contributed by atoms with Gasteiger partial charge in [-0.25, -0.2) is 12.7 Å². The SMILES string of the molecule is CN(C)S(=O)(=O)c1cc(Cl)c(Cl)cc1Cl. The number of hydrogen-bond donors (Lipinski definition) is 0. The second kappa shape index (κ2) is 4.47. The van der Waals surface area contributed by atoms with E-state index >= 15 is 0 Å². The van der Waals surface area contributed by atoms with E-state index in [2.05, 4.69) is 0 Å². The summed E-state index contributed by atoms with van der Waals surface area (Å²) in [4.78, 5) is -0.0523. The molecule has 0 aromatic heterocycles. The summed E-state index contributed by atoms with van der Waals surface area (Å²) in [6.45, 7) is 0. The van der Waals surface area contributed by atoms with Crippen LogP contribution in [0.3, 0.4) is 0 Å². The van der Waals surface area contributed by atoms with E-state index in [0.717, 1.165) is 4.31 Å². The predicted molar refractivity (Wildman–Crippen MR) is 62.3 cm³/mol. The third kappa shape index (κ3) is 2.57. The zero-order valence-corrected chi connectivity index (χ0v) is 11.0. The monoisotopic (exact) mass is 287 g/mol. The highest BCUT2D eigenvalue weighted by Gasteiger charge is 2.22. The van der Waals surface area contributed by atoms with Crippen molar-refractivity contribution in [2.24, 2.45) is 0 Å². The number of rotatable bonds is 2. The van der Waals surface area contributed by atoms with Crippen LogP contribution in [-0.4, -0.2) is 26.8 Å². The van der Waals surface area contributed by atoms with Crippen LogP contribution in [0.15, 0.2) is 17.0 Å². The Balaban J connectivity index is 3.46. The molecule has 0 bridgehead atoms. The lowest BCUT2D eigenvalue weighted by atomic mass is 10.4. The van der Waals surface area contributed by atoms with Crippen LogP contribution in [-0.2, 0) is 10.0 Å². The molecular formula is C8H8Cl3NO2S. The Morgan fingerprint density at radius 1 is 1.00 bits per heavy atom. The lowest BCUT2D eigenvalue weighted by Crippen LogP contribution is -2.22. The second-order valence-corrected chi connectivity index (χ2v) is 6.33. The molecular weight excluding hydrogens is 281 g/mol. The van der Waals surface area contributed by atoms with Crippen molar-refractivity contribution < 1.29 is 8.42 Å². The Kier molecular flexibility index (Phi) is 3.90. The van der Waals surface area contributed by atoms with Crippen molar-refractivity contribution in [3.63, 3.8) is 0 Å². The molecule has 15 heavy (non-hydrogen) atoms. The van der Waals surface area contributed by atoms with Crippen molar-refractivity contribution in [2.45, 2.75) is 4.90 Å². The number of sulfonamides is 1. The fraction of sp³-hybridized carbons (Fsp3) is 0.250. The Bertz CT molecular complexity index is 485. The molecule has 0 unspecified atom stereocenters. The van der Waals surface area contributed by atoms with Crippen LogP contribution in [0.1, 0.15) is 0 Å². The topological polar surface area (TPSA) is 37.4 Å². The highest BCUT2D eigenvalue weighted by Crippen LogP contribution is 2.32. The van der Waals surface area contributed by atoms with E-state index in [0.29, 0.717) is 0 Å². The molecule has 0 N–H and O–H groups in total. The van der Waals surface area contributed by atoms with E-state index in [1.165, 1.54) is 26.2 Å². The number of benzene rings is 1. The Hall–Kier alpha value is -0.000000000000000111. The maximum Gasteiger partial charge on any atom is 0.244 e. The first-order chi connectivity index (χ1) is 6.76. The molecule has 1 aromatic carbocycles. The summed E-state index contributed by atoms with van der Waals surface area (Å²) in [7, 11) is -0.767. The summed E-state index contributed by atoms with van der Waals surface area (Å²) < 4.78 is 24.6. The zero-order chi connectivity index (χ0) is 11.8. The van der Waals surface area contributed by atoms with E-state index < -0.39 is 10.0 Å². The number of halogens is 3. The Morgan fingerprint density at radius 3 is 1.93 bits per heavy atom. The van der Waals surface area contributed by atoms with Gasteiger partial charge in [-0.1, -0.05) is 34.8 Å². The Morgan fingerprint density at radius 2 is 1.47 bits per heavy atom. The van der Waals surface area contributed by atoms with Crippen molar-refractivity contribution in [3.05, 3.63) is 27.2 Å². The van der Waals surface area contributed by atoms with E-state index in [-0.39, 0.29) is 20.0 Å². The summed E-state index contributed by atoms with van der Waals surface area (Å²) >= 11 is 17.2. The molecule has 0 aliphatic heterocycles. The molecule has 0 spiro atoms. The lowest BCUT2D eigenvalue weighted by molar-refractivity contribution is 0.521. The third-order valence-corrected chi connectivity index (χ3v) is 4.74. The molecule has 1 aromatic rings. The largest absolute Gasteiger partial charge is 0.244 e. The van der Waals surface area contributed by atoms with Crippen LogP contribution in [0, 0.1) is 0 Å². The predicted octanol–water partition coefficient (Wildman–Crippen LogP) is 2.90. The fourth-order valence-corrected chi connectivity index (χ4v) is 2.77. The van der Waals surface area contributed by atoms with Gasteiger partial charge in [-0.2, -0.15) is 0 Å². The minimum absolute atomic E-state index is 0.0523. The summed E-state index contributed by atoms with van der Waals surface area (Å²) in [5.41, 5.74) is 0. The molecule has 0 atom stereocenters. The molecule has 0 saturated heterocycles. The van der Waals surface area contributed by atoms with Gasteiger partial charge in [0.25, 0.3) is 0 Å². The van der Waals surface area contributed by atoms with Crippen molar-refractivity contribution in [1.82, 2.24) is 4.31 Å². The molecule has 7 heteroatoms. The van der Waals surface area contributed by atoms with Crippen LogP contribution < -0.4 is 0 Å². The second-order valence-electron chi connectivity index (χ2n) is 2.98. The first-order valence-corrected chi connectivity index (χ1v) is 6.41. The summed E-state index contributed by atoms with van der Waals surface area (Å²) in [5.74, 6) is 0. The Labute approximate surface area is 104 Å². The summed E-state index contributed by atoms with van der Waals surface area (Å²) in [6, 6.07) is 2.55. The van der Waals surface area contributed by atoms with Crippen molar-refractivity contribution >= 4 is 44.8 Å². The molecule has 0 radical (unpaired) electrons. The van der Waals surface area contributed by atoms with Crippen molar-refractivity contribution in [3.8, 4) is 0 Å². The average molecular weight is 289 g/mol. The van der Waals surface area contributed by atoms with Crippen molar-refractivity contribution in [2.75, 3.05) is 14.1 Å². The number of hydrogen-bond acceptors (Lipinski definition) is 2. The molecule has 84 valence electrons. The maximum atomic E-state index is 11.8. The van der Waals surface area contributed by atoms with Gasteiger partial charge in [0.15, 0.2) is 0 Å². The summed E-state index contributed by atoms with van der Waals surface area (Å²) in [5, 5.41) is 0.430. The standard InChI is InChI=1S/C8H8Cl3NO2S/c1-12(2)15(13,14)8-4-6(10)5(9)3-7(8)11/h3-4H,1-2H3. The molecule has 0 amide bonds. The van der Waals surface area contributed by atoms with Gasteiger partial charge in [0, 0.05) is 14.1 Å². The van der Waals surface area contributed by atoms with E-state index in [9.17, 15) is 8.42 Å². The van der Waals surface area contributed by atoms with Gasteiger partial charge in [0.05, 0.1) is 15.1 Å². The van der Waals surface area contributed by atoms with E-state index in [1.54, 1.807) is 0 Å². The molecule has 0 heterocycles. The van der Waals surface area contributed by atoms with Crippen LogP contribution in [0.2, 0.25) is 15.1 Å². The van der Waals surface area contributed by atoms with Crippen LogP contribution in [0.25, 0.3) is 0 Å². The van der Waals surface area contributed by atoms with E-state index in [4.69, 9.17) is 34.8 Å². The van der Waals surface area contributed by atoms with Gasteiger partial charge < -0.3 is 0 Å². The lowest BCUT2D eigenvalue weighted by Gasteiger charge is -2.13. The molecule has 0 aliphatic carbocycles. The minimum atomic E-state index is -3.59. The van der Waals surface area contributed by atoms with Crippen LogP contribution in [0.4, 0.5) is 0 Å². The van der Waals surface area contributed by atoms with Gasteiger partial charge in [0.2, 0.25) is 10.0 Å². The highest BCUT2D eigenvalue weighted by molar-refractivity contribution is 7.89. The van der Waals surface area contributed by atoms with E-state index in [1.807, 2.05) is 0 Å². The molecule has 0 fully saturated rings. The van der Waals surface area contributed by atoms with Crippen LogP contribution >= 0.6 is 34.8 Å². The third-order valence-electron chi connectivity index (χ3n) is 1.73. The smallest absolute Gasteiger partial charge is 0.207 e. The van der Waals surface area contributed by atoms with Gasteiger partial charge in [0.1, 0.15) is 4.90 Å². The molecule has 3 nitrogen and oxygen atoms in total. The zero-order valence-electron chi connectivity index (χ0n) is 7.96. The molecule has 0 saturated carbocycles. The molecule has 0 aliphatic rings. The summed E-state index contributed by atoms with van der Waals surface area (Å²) in [6.07, 6.45) is 0. The normalized spacial score (nSPS) is 12.1. The first-order valence-electron chi connectivity index (χ1n) is 3.84. The van der Waals surface area contributed by atoms with Crippen LogP contribution in [0.5, 0.6) is 0 Å². The average Bonchev–Trinajstić information content (AvgIpc) is 2.10.